The molecule has 0 aliphatic carbocycles. The third-order valence-corrected chi connectivity index (χ3v) is 7.06. The number of hydrogen-bond donors (Lipinski definition) is 2. The molecule has 1 aromatic heterocycles. The third-order valence-electron chi connectivity index (χ3n) is 4.40. The van der Waals surface area contributed by atoms with E-state index in [1.807, 2.05) is 36.4 Å². The number of carbonyl (C=O) groups excluding carboxylic acids is 2. The summed E-state index contributed by atoms with van der Waals surface area (Å²) in [5, 5.41) is 5.70. The first kappa shape index (κ1) is 29.8. The Morgan fingerprint density at radius 2 is 2.03 bits per heavy atom. The van der Waals surface area contributed by atoms with Gasteiger partial charge in [-0.15, -0.1) is 0 Å². The topological polar surface area (TPSA) is 87.2 Å². The fraction of sp³-hybridized carbons (Fsp3) is 0.208. The number of amides is 2. The van der Waals surface area contributed by atoms with Crippen molar-refractivity contribution in [1.29, 1.82) is 0 Å². The van der Waals surface area contributed by atoms with E-state index in [1.54, 1.807) is 19.2 Å². The number of aryl methyl sites for hydroxylation is 1. The summed E-state index contributed by atoms with van der Waals surface area (Å²) in [7, 11) is 1.99. The normalized spacial score (nSPS) is 10.4. The van der Waals surface area contributed by atoms with Gasteiger partial charge in [-0.05, 0) is 6.42 Å². The smallest absolute Gasteiger partial charge is 0.358 e. The molecule has 2 aliphatic heterocycles. The monoisotopic (exact) mass is 632 g/mol. The van der Waals surface area contributed by atoms with Gasteiger partial charge in [-0.1, -0.05) is 6.92 Å². The molecule has 0 saturated carbocycles. The molecule has 7 nitrogen and oxygen atoms in total. The van der Waals surface area contributed by atoms with Gasteiger partial charge in [0, 0.05) is 12.7 Å². The first-order chi connectivity index (χ1) is 15.4. The number of carbonyl (C=O) groups is 2. The Balaban J connectivity index is 0.00000289. The van der Waals surface area contributed by atoms with Crippen molar-refractivity contribution in [2.24, 2.45) is 0 Å². The Hall–Kier alpha value is -2.27. The molecule has 1 aromatic rings. The Kier molecular flexibility index (Phi) is 12.4. The second kappa shape index (κ2) is 14.2. The summed E-state index contributed by atoms with van der Waals surface area (Å²) in [5.74, 6) is -0.510. The van der Waals surface area contributed by atoms with E-state index >= 15 is 0 Å². The van der Waals surface area contributed by atoms with Crippen LogP contribution in [0, 0.1) is 20.4 Å². The van der Waals surface area contributed by atoms with Crippen LogP contribution in [-0.2, 0) is 17.1 Å². The SMILES string of the molecule is C=C[I-]N(C)C=[C-]c1ccc2ncc(C(=O)Nc3cc(C(=O)NCCC)cnc3C)c-2s1.[CH3-].[Fe+2]. The van der Waals surface area contributed by atoms with Crippen LogP contribution in [0.15, 0.2) is 47.5 Å². The zero-order valence-electron chi connectivity index (χ0n) is 19.5. The Labute approximate surface area is 226 Å². The fourth-order valence-electron chi connectivity index (χ4n) is 2.76. The van der Waals surface area contributed by atoms with Crippen LogP contribution in [0.2, 0.25) is 0 Å². The van der Waals surface area contributed by atoms with E-state index < -0.39 is 0 Å². The van der Waals surface area contributed by atoms with Gasteiger partial charge in [0.25, 0.3) is 5.91 Å². The summed E-state index contributed by atoms with van der Waals surface area (Å²) in [6.45, 7) is 8.12. The van der Waals surface area contributed by atoms with Crippen molar-refractivity contribution < 1.29 is 48.1 Å². The standard InChI is InChI=1S/C23H24IN5O2S.CH3.Fe/c1-5-10-25-22(30)16-12-20(15(3)26-13-16)28-23(31)18-14-27-19-8-7-17(32-21(18)19)9-11-29(4)24-6-2;;/h6-8,11-14H,2,5,10H2,1,3-4H3,(H,25,30)(H,28,31);1H3;/q-2;-1;+2. The Bertz CT molecular complexity index is 1130. The number of rotatable bonds is 9. The van der Waals surface area contributed by atoms with Crippen LogP contribution in [-0.4, -0.2) is 38.5 Å². The maximum Gasteiger partial charge on any atom is 2.00 e. The van der Waals surface area contributed by atoms with E-state index in [9.17, 15) is 9.59 Å². The van der Waals surface area contributed by atoms with Gasteiger partial charge in [0.2, 0.25) is 0 Å². The average Bonchev–Trinajstić information content (AvgIpc) is 3.21. The van der Waals surface area contributed by atoms with Crippen LogP contribution >= 0.6 is 11.3 Å². The van der Waals surface area contributed by atoms with Crippen molar-refractivity contribution in [2.75, 3.05) is 18.9 Å². The van der Waals surface area contributed by atoms with Gasteiger partial charge in [-0.25, -0.2) is 0 Å². The van der Waals surface area contributed by atoms with Gasteiger partial charge < -0.3 is 12.7 Å². The first-order valence-electron chi connectivity index (χ1n) is 9.95. The molecule has 10 heteroatoms. The van der Waals surface area contributed by atoms with E-state index in [1.165, 1.54) is 17.5 Å². The molecule has 2 amide bonds. The maximum absolute atomic E-state index is 13.0. The molecule has 182 valence electrons. The number of fused-ring (bicyclic) bond motifs is 1. The van der Waals surface area contributed by atoms with Crippen LogP contribution in [0.5, 0.6) is 0 Å². The van der Waals surface area contributed by atoms with E-state index in [2.05, 4.69) is 36.4 Å². The molecule has 3 rings (SSSR count). The number of nitrogens with zero attached hydrogens (tertiary/aromatic N) is 3. The van der Waals surface area contributed by atoms with Gasteiger partial charge in [-0.2, -0.15) is 0 Å². The van der Waals surface area contributed by atoms with Gasteiger partial charge in [0.15, 0.2) is 0 Å². The molecule has 0 fully saturated rings. The summed E-state index contributed by atoms with van der Waals surface area (Å²) in [6, 6.07) is 5.46. The van der Waals surface area contributed by atoms with Crippen molar-refractivity contribution >= 4 is 28.8 Å². The minimum Gasteiger partial charge on any atom is -0.358 e. The van der Waals surface area contributed by atoms with E-state index in [4.69, 9.17) is 0 Å². The first-order valence-corrected chi connectivity index (χ1v) is 13.0. The molecule has 0 atom stereocenters. The number of pyridine rings is 1. The van der Waals surface area contributed by atoms with Gasteiger partial charge in [0.05, 0.1) is 0 Å². The largest absolute Gasteiger partial charge is 2.00 e. The Morgan fingerprint density at radius 1 is 1.26 bits per heavy atom. The summed E-state index contributed by atoms with van der Waals surface area (Å²) in [6.07, 6.45) is 9.08. The minimum atomic E-state index is -0.296. The molecule has 0 spiro atoms. The molecule has 0 unspecified atom stereocenters. The van der Waals surface area contributed by atoms with Crippen molar-refractivity contribution in [3.63, 3.8) is 0 Å². The number of halogens is 1. The maximum atomic E-state index is 13.0. The minimum absolute atomic E-state index is 0. The van der Waals surface area contributed by atoms with Crippen molar-refractivity contribution in [3.05, 3.63) is 82.7 Å². The molecule has 2 N–H and O–H groups in total. The van der Waals surface area contributed by atoms with Crippen LogP contribution in [0.4, 0.5) is 5.69 Å². The van der Waals surface area contributed by atoms with Crippen molar-refractivity contribution in [2.45, 2.75) is 20.3 Å². The van der Waals surface area contributed by atoms with Crippen molar-refractivity contribution in [1.82, 2.24) is 18.4 Å². The molecule has 0 radical (unpaired) electrons. The molecule has 34 heavy (non-hydrogen) atoms. The van der Waals surface area contributed by atoms with E-state index in [0.29, 0.717) is 29.1 Å². The van der Waals surface area contributed by atoms with Crippen LogP contribution < -0.4 is 32.1 Å². The molecule has 2 aliphatic rings. The number of aromatic nitrogens is 2. The van der Waals surface area contributed by atoms with E-state index in [-0.39, 0.29) is 57.8 Å². The molecular weight excluding hydrogens is 605 g/mol. The third kappa shape index (κ3) is 7.62. The molecule has 3 heterocycles. The zero-order valence-corrected chi connectivity index (χ0v) is 23.5. The van der Waals surface area contributed by atoms with Gasteiger partial charge in [0.1, 0.15) is 0 Å². The summed E-state index contributed by atoms with van der Waals surface area (Å²) >= 11 is 1.21. The van der Waals surface area contributed by atoms with Crippen molar-refractivity contribution in [3.8, 4) is 10.6 Å². The van der Waals surface area contributed by atoms with Gasteiger partial charge in [-0.3, -0.25) is 4.79 Å². The number of nitrogens with one attached hydrogen (secondary N) is 2. The molecular formula is C24H27FeIN5O2S-. The quantitative estimate of drug-likeness (QED) is 0.162. The summed E-state index contributed by atoms with van der Waals surface area (Å²) < 4.78 is 3.99. The zero-order chi connectivity index (χ0) is 23.1. The molecule has 0 saturated heterocycles. The average molecular weight is 632 g/mol. The molecule has 0 bridgehead atoms. The molecule has 0 aromatic carbocycles. The van der Waals surface area contributed by atoms with Crippen LogP contribution in [0.1, 0.15) is 44.6 Å². The predicted octanol–water partition coefficient (Wildman–Crippen LogP) is 1.54. The number of anilines is 1. The second-order valence-electron chi connectivity index (χ2n) is 6.80. The predicted molar refractivity (Wildman–Crippen MR) is 130 cm³/mol. The fourth-order valence-corrected chi connectivity index (χ4v) is 4.63. The van der Waals surface area contributed by atoms with E-state index in [0.717, 1.165) is 21.9 Å². The summed E-state index contributed by atoms with van der Waals surface area (Å²) in [5.41, 5.74) is 2.75. The number of hydrogen-bond acceptors (Lipinski definition) is 6. The van der Waals surface area contributed by atoms with Gasteiger partial charge >= 0.3 is 178 Å². The van der Waals surface area contributed by atoms with Crippen LogP contribution in [0.25, 0.3) is 10.6 Å². The summed E-state index contributed by atoms with van der Waals surface area (Å²) in [4.78, 5) is 35.6. The second-order valence-corrected chi connectivity index (χ2v) is 10.8. The Morgan fingerprint density at radius 3 is 2.74 bits per heavy atom. The van der Waals surface area contributed by atoms with Crippen LogP contribution in [0.3, 0.4) is 0 Å².